The molecule has 0 fully saturated rings. The fourth-order valence-corrected chi connectivity index (χ4v) is 6.07. The lowest BCUT2D eigenvalue weighted by molar-refractivity contribution is -0.139. The molecule has 2 heterocycles. The summed E-state index contributed by atoms with van der Waals surface area (Å²) in [5, 5.41) is 0. The van der Waals surface area contributed by atoms with Gasteiger partial charge in [-0.15, -0.1) is 0 Å². The SMILES string of the molecule is CCOC(=O)C1=C(C)N=c2s/c(=C\c3ccc(OCc4ccccc4)c(OCC)c3)c(=O)n2[C@@H]1c1ccc(OC)c(OC)c1. The smallest absolute Gasteiger partial charge is 0.338 e. The van der Waals surface area contributed by atoms with E-state index >= 15 is 0 Å². The van der Waals surface area contributed by atoms with E-state index in [9.17, 15) is 9.59 Å². The van der Waals surface area contributed by atoms with Crippen molar-refractivity contribution in [3.63, 3.8) is 0 Å². The molecule has 9 nitrogen and oxygen atoms in total. The van der Waals surface area contributed by atoms with E-state index in [0.29, 0.717) is 56.8 Å². The Kier molecular flexibility index (Phi) is 9.50. The second kappa shape index (κ2) is 13.6. The number of hydrogen-bond acceptors (Lipinski definition) is 9. The van der Waals surface area contributed by atoms with Gasteiger partial charge in [0, 0.05) is 0 Å². The van der Waals surface area contributed by atoms with Gasteiger partial charge in [0.15, 0.2) is 27.8 Å². The van der Waals surface area contributed by atoms with Gasteiger partial charge in [0.25, 0.3) is 5.56 Å². The zero-order valence-electron chi connectivity index (χ0n) is 25.3. The Morgan fingerprint density at radius 1 is 0.909 bits per heavy atom. The molecule has 0 radical (unpaired) electrons. The van der Waals surface area contributed by atoms with E-state index in [-0.39, 0.29) is 17.7 Å². The van der Waals surface area contributed by atoms with Crippen molar-refractivity contribution < 1.29 is 28.5 Å². The van der Waals surface area contributed by atoms with Crippen LogP contribution in [0.4, 0.5) is 0 Å². The van der Waals surface area contributed by atoms with Crippen LogP contribution in [0, 0.1) is 0 Å². The average Bonchev–Trinajstić information content (AvgIpc) is 3.33. The lowest BCUT2D eigenvalue weighted by Gasteiger charge is -2.25. The summed E-state index contributed by atoms with van der Waals surface area (Å²) >= 11 is 1.25. The second-order valence-corrected chi connectivity index (χ2v) is 10.8. The van der Waals surface area contributed by atoms with Crippen molar-refractivity contribution in [2.45, 2.75) is 33.4 Å². The van der Waals surface area contributed by atoms with Crippen molar-refractivity contribution in [2.24, 2.45) is 4.99 Å². The van der Waals surface area contributed by atoms with Crippen LogP contribution in [-0.4, -0.2) is 38.0 Å². The summed E-state index contributed by atoms with van der Waals surface area (Å²) in [4.78, 5) is 32.4. The van der Waals surface area contributed by atoms with Gasteiger partial charge in [0.2, 0.25) is 0 Å². The minimum Gasteiger partial charge on any atom is -0.493 e. The molecule has 0 amide bonds. The molecule has 4 aromatic rings. The minimum atomic E-state index is -0.778. The molecule has 1 aromatic heterocycles. The van der Waals surface area contributed by atoms with Crippen LogP contribution in [-0.2, 0) is 16.1 Å². The van der Waals surface area contributed by atoms with Gasteiger partial charge in [-0.25, -0.2) is 9.79 Å². The third-order valence-corrected chi connectivity index (χ3v) is 8.03. The van der Waals surface area contributed by atoms with Crippen molar-refractivity contribution >= 4 is 23.4 Å². The highest BCUT2D eigenvalue weighted by molar-refractivity contribution is 7.07. The predicted molar refractivity (Wildman–Crippen MR) is 168 cm³/mol. The third kappa shape index (κ3) is 6.26. The topological polar surface area (TPSA) is 97.6 Å². The summed E-state index contributed by atoms with van der Waals surface area (Å²) in [5.41, 5.74) is 2.94. The first kappa shape index (κ1) is 30.6. The first-order chi connectivity index (χ1) is 21.4. The van der Waals surface area contributed by atoms with Gasteiger partial charge in [0.1, 0.15) is 6.61 Å². The number of esters is 1. The molecule has 0 unspecified atom stereocenters. The highest BCUT2D eigenvalue weighted by Crippen LogP contribution is 2.36. The number of nitrogens with zero attached hydrogens (tertiary/aromatic N) is 2. The Bertz CT molecular complexity index is 1880. The molecule has 0 spiro atoms. The Hall–Kier alpha value is -4.83. The quantitative estimate of drug-likeness (QED) is 0.224. The molecule has 0 saturated carbocycles. The van der Waals surface area contributed by atoms with Crippen LogP contribution >= 0.6 is 11.3 Å². The number of methoxy groups -OCH3 is 2. The summed E-state index contributed by atoms with van der Waals surface area (Å²) in [5.74, 6) is 1.66. The number of benzene rings is 3. The number of thiazole rings is 1. The van der Waals surface area contributed by atoms with Crippen LogP contribution in [0.1, 0.15) is 43.5 Å². The molecular weight excluding hydrogens is 580 g/mol. The van der Waals surface area contributed by atoms with Crippen LogP contribution in [0.2, 0.25) is 0 Å². The molecule has 44 heavy (non-hydrogen) atoms. The van der Waals surface area contributed by atoms with Crippen molar-refractivity contribution in [1.82, 2.24) is 4.57 Å². The Balaban J connectivity index is 1.59. The van der Waals surface area contributed by atoms with E-state index in [1.165, 1.54) is 23.0 Å². The summed E-state index contributed by atoms with van der Waals surface area (Å²) in [7, 11) is 3.09. The van der Waals surface area contributed by atoms with Gasteiger partial charge in [-0.3, -0.25) is 9.36 Å². The Morgan fingerprint density at radius 2 is 1.66 bits per heavy atom. The monoisotopic (exact) mass is 614 g/mol. The molecule has 1 aliphatic heterocycles. The Labute approximate surface area is 259 Å². The number of hydrogen-bond donors (Lipinski definition) is 0. The lowest BCUT2D eigenvalue weighted by atomic mass is 9.95. The maximum Gasteiger partial charge on any atom is 0.338 e. The molecule has 0 saturated heterocycles. The van der Waals surface area contributed by atoms with Crippen molar-refractivity contribution in [2.75, 3.05) is 27.4 Å². The molecule has 0 aliphatic carbocycles. The number of aromatic nitrogens is 1. The third-order valence-electron chi connectivity index (χ3n) is 7.04. The number of ether oxygens (including phenoxy) is 5. The van der Waals surface area contributed by atoms with E-state index in [4.69, 9.17) is 23.7 Å². The van der Waals surface area contributed by atoms with Crippen LogP contribution in [0.5, 0.6) is 23.0 Å². The average molecular weight is 615 g/mol. The molecule has 1 atom stereocenters. The maximum atomic E-state index is 14.0. The van der Waals surface area contributed by atoms with E-state index in [2.05, 4.69) is 4.99 Å². The largest absolute Gasteiger partial charge is 0.493 e. The fraction of sp³-hybridized carbons (Fsp3) is 0.265. The number of carbonyl (C=O) groups excluding carboxylic acids is 1. The van der Waals surface area contributed by atoms with E-state index < -0.39 is 12.0 Å². The van der Waals surface area contributed by atoms with Crippen LogP contribution in [0.25, 0.3) is 6.08 Å². The molecule has 1 aliphatic rings. The number of rotatable bonds is 11. The van der Waals surface area contributed by atoms with Crippen LogP contribution in [0.3, 0.4) is 0 Å². The minimum absolute atomic E-state index is 0.186. The van der Waals surface area contributed by atoms with Gasteiger partial charge in [-0.2, -0.15) is 0 Å². The van der Waals surface area contributed by atoms with Gasteiger partial charge < -0.3 is 23.7 Å². The van der Waals surface area contributed by atoms with E-state index in [1.54, 1.807) is 39.2 Å². The zero-order valence-corrected chi connectivity index (χ0v) is 26.1. The predicted octanol–water partition coefficient (Wildman–Crippen LogP) is 4.79. The Morgan fingerprint density at radius 3 is 2.36 bits per heavy atom. The molecule has 3 aromatic carbocycles. The summed E-state index contributed by atoms with van der Waals surface area (Å²) in [6.07, 6.45) is 1.79. The summed E-state index contributed by atoms with van der Waals surface area (Å²) in [6.45, 7) is 6.43. The highest BCUT2D eigenvalue weighted by Gasteiger charge is 2.34. The molecular formula is C34H34N2O7S. The van der Waals surface area contributed by atoms with E-state index in [1.807, 2.05) is 61.5 Å². The fourth-order valence-electron chi connectivity index (χ4n) is 5.02. The second-order valence-electron chi connectivity index (χ2n) is 9.83. The molecule has 0 N–H and O–H groups in total. The van der Waals surface area contributed by atoms with Crippen molar-refractivity contribution in [3.05, 3.63) is 114 Å². The van der Waals surface area contributed by atoms with Gasteiger partial charge in [0.05, 0.1) is 49.3 Å². The van der Waals surface area contributed by atoms with Crippen molar-refractivity contribution in [1.29, 1.82) is 0 Å². The normalized spacial score (nSPS) is 14.5. The first-order valence-corrected chi connectivity index (χ1v) is 15.0. The summed E-state index contributed by atoms with van der Waals surface area (Å²) < 4.78 is 30.3. The number of carbonyl (C=O) groups is 1. The molecule has 228 valence electrons. The van der Waals surface area contributed by atoms with Crippen LogP contribution < -0.4 is 33.8 Å². The highest BCUT2D eigenvalue weighted by atomic mass is 32.1. The maximum absolute atomic E-state index is 14.0. The lowest BCUT2D eigenvalue weighted by Crippen LogP contribution is -2.39. The zero-order chi connectivity index (χ0) is 31.2. The summed E-state index contributed by atoms with van der Waals surface area (Å²) in [6, 6.07) is 20.0. The molecule has 0 bridgehead atoms. The number of fused-ring (bicyclic) bond motifs is 1. The molecule has 10 heteroatoms. The van der Waals surface area contributed by atoms with Gasteiger partial charge in [-0.1, -0.05) is 53.8 Å². The van der Waals surface area contributed by atoms with Crippen molar-refractivity contribution in [3.8, 4) is 23.0 Å². The number of allylic oxidation sites excluding steroid dienone is 1. The first-order valence-electron chi connectivity index (χ1n) is 14.2. The van der Waals surface area contributed by atoms with E-state index in [0.717, 1.165) is 11.1 Å². The standard InChI is InChI=1S/C34H34N2O7S/c1-6-41-28-17-23(13-15-26(28)43-20-22-11-9-8-10-12-22)18-29-32(37)36-31(24-14-16-25(39-4)27(19-24)40-5)30(33(38)42-7-2)21(3)35-34(36)44-29/h8-19,31H,6-7,20H2,1-5H3/b29-18-/t31-/m1/s1. The van der Waals surface area contributed by atoms with Gasteiger partial charge >= 0.3 is 5.97 Å². The molecule has 5 rings (SSSR count). The van der Waals surface area contributed by atoms with Gasteiger partial charge in [-0.05, 0) is 67.8 Å². The van der Waals surface area contributed by atoms with Crippen LogP contribution in [0.15, 0.2) is 87.8 Å².